The van der Waals surface area contributed by atoms with Crippen LogP contribution >= 0.6 is 0 Å². The molecule has 1 aromatic heterocycles. The summed E-state index contributed by atoms with van der Waals surface area (Å²) in [4.78, 5) is 12.1. The van der Waals surface area contributed by atoms with Crippen molar-refractivity contribution in [3.8, 4) is 0 Å². The maximum Gasteiger partial charge on any atom is 0.277 e. The van der Waals surface area contributed by atoms with Crippen molar-refractivity contribution in [3.05, 3.63) is 40.8 Å². The van der Waals surface area contributed by atoms with Gasteiger partial charge in [0.15, 0.2) is 11.5 Å². The summed E-state index contributed by atoms with van der Waals surface area (Å²) in [5.41, 5.74) is 9.17. The van der Waals surface area contributed by atoms with E-state index in [2.05, 4.69) is 10.5 Å². The number of carbonyl (C=O) groups excluding carboxylic acids is 1. The summed E-state index contributed by atoms with van der Waals surface area (Å²) in [6, 6.07) is 5.17. The maximum absolute atomic E-state index is 12.1. The van der Waals surface area contributed by atoms with E-state index in [0.29, 0.717) is 11.4 Å². The van der Waals surface area contributed by atoms with Crippen molar-refractivity contribution in [2.45, 2.75) is 20.5 Å². The van der Waals surface area contributed by atoms with E-state index < -0.39 is 0 Å². The van der Waals surface area contributed by atoms with Gasteiger partial charge in [-0.2, -0.15) is 0 Å². The van der Waals surface area contributed by atoms with Crippen molar-refractivity contribution in [2.75, 3.05) is 18.2 Å². The molecular formula is C14H17N3O3. The van der Waals surface area contributed by atoms with Crippen LogP contribution in [0.4, 0.5) is 11.4 Å². The minimum absolute atomic E-state index is 0.215. The van der Waals surface area contributed by atoms with Gasteiger partial charge in [-0.15, -0.1) is 0 Å². The van der Waals surface area contributed by atoms with Gasteiger partial charge in [0, 0.05) is 24.6 Å². The lowest BCUT2D eigenvalue weighted by Gasteiger charge is -2.11. The average molecular weight is 275 g/mol. The zero-order chi connectivity index (χ0) is 14.7. The number of carbonyl (C=O) groups is 1. The molecule has 3 N–H and O–H groups in total. The first-order valence-electron chi connectivity index (χ1n) is 6.14. The molecule has 0 aliphatic heterocycles. The molecule has 0 unspecified atom stereocenters. The molecule has 0 bridgehead atoms. The van der Waals surface area contributed by atoms with Crippen LogP contribution in [0.1, 0.15) is 27.4 Å². The van der Waals surface area contributed by atoms with Gasteiger partial charge >= 0.3 is 0 Å². The van der Waals surface area contributed by atoms with E-state index in [0.717, 1.165) is 16.8 Å². The number of benzene rings is 1. The Bertz CT molecular complexity index is 611. The van der Waals surface area contributed by atoms with E-state index in [1.807, 2.05) is 26.0 Å². The third-order valence-corrected chi connectivity index (χ3v) is 2.87. The Hall–Kier alpha value is -2.34. The fraction of sp³-hybridized carbons (Fsp3) is 0.286. The fourth-order valence-electron chi connectivity index (χ4n) is 2.00. The number of nitrogens with zero attached hydrogens (tertiary/aromatic N) is 1. The molecule has 0 spiro atoms. The number of anilines is 2. The minimum atomic E-state index is -0.327. The summed E-state index contributed by atoms with van der Waals surface area (Å²) in [5, 5.41) is 6.54. The molecule has 1 heterocycles. The van der Waals surface area contributed by atoms with E-state index in [1.54, 1.807) is 13.2 Å². The highest BCUT2D eigenvalue weighted by molar-refractivity contribution is 6.03. The SMILES string of the molecule is COCc1cc(C(=O)Nc2c(C)cc(N)cc2C)no1. The number of ether oxygens (including phenoxy) is 1. The maximum atomic E-state index is 12.1. The van der Waals surface area contributed by atoms with Gasteiger partial charge < -0.3 is 20.3 Å². The number of nitrogens with two attached hydrogens (primary N) is 1. The van der Waals surface area contributed by atoms with Gasteiger partial charge in [0.1, 0.15) is 6.61 Å². The second-order valence-corrected chi connectivity index (χ2v) is 4.60. The fourth-order valence-corrected chi connectivity index (χ4v) is 2.00. The number of hydrogen-bond acceptors (Lipinski definition) is 5. The normalized spacial score (nSPS) is 10.6. The lowest BCUT2D eigenvalue weighted by Crippen LogP contribution is -2.14. The molecule has 6 nitrogen and oxygen atoms in total. The van der Waals surface area contributed by atoms with Crippen molar-refractivity contribution in [2.24, 2.45) is 0 Å². The number of nitrogen functional groups attached to an aromatic ring is 1. The Kier molecular flexibility index (Phi) is 4.05. The highest BCUT2D eigenvalue weighted by Gasteiger charge is 2.15. The third kappa shape index (κ3) is 2.97. The molecule has 0 aliphatic rings. The molecule has 0 fully saturated rings. The van der Waals surface area contributed by atoms with Crippen LogP contribution in [0, 0.1) is 13.8 Å². The summed E-state index contributed by atoms with van der Waals surface area (Å²) in [6.07, 6.45) is 0. The van der Waals surface area contributed by atoms with E-state index in [4.69, 9.17) is 15.0 Å². The predicted octanol–water partition coefficient (Wildman–Crippen LogP) is 2.27. The van der Waals surface area contributed by atoms with Crippen LogP contribution in [-0.2, 0) is 11.3 Å². The first-order valence-corrected chi connectivity index (χ1v) is 6.14. The summed E-state index contributed by atoms with van der Waals surface area (Å²) in [5.74, 6) is 0.176. The lowest BCUT2D eigenvalue weighted by molar-refractivity contribution is 0.101. The molecule has 0 atom stereocenters. The zero-order valence-corrected chi connectivity index (χ0v) is 11.7. The van der Waals surface area contributed by atoms with E-state index in [1.165, 1.54) is 0 Å². The number of nitrogens with one attached hydrogen (secondary N) is 1. The quantitative estimate of drug-likeness (QED) is 0.835. The van der Waals surface area contributed by atoms with Gasteiger partial charge in [-0.05, 0) is 37.1 Å². The van der Waals surface area contributed by atoms with Crippen LogP contribution in [0.25, 0.3) is 0 Å². The van der Waals surface area contributed by atoms with Crippen molar-refractivity contribution >= 4 is 17.3 Å². The largest absolute Gasteiger partial charge is 0.399 e. The number of hydrogen-bond donors (Lipinski definition) is 2. The molecular weight excluding hydrogens is 258 g/mol. The van der Waals surface area contributed by atoms with Gasteiger partial charge in [-0.1, -0.05) is 5.16 Å². The van der Waals surface area contributed by atoms with Crippen molar-refractivity contribution < 1.29 is 14.1 Å². The molecule has 1 amide bonds. The van der Waals surface area contributed by atoms with Gasteiger partial charge in [-0.3, -0.25) is 4.79 Å². The minimum Gasteiger partial charge on any atom is -0.399 e. The number of amides is 1. The number of aryl methyl sites for hydroxylation is 2. The third-order valence-electron chi connectivity index (χ3n) is 2.87. The molecule has 1 aromatic carbocycles. The highest BCUT2D eigenvalue weighted by atomic mass is 16.5. The number of aromatic nitrogens is 1. The highest BCUT2D eigenvalue weighted by Crippen LogP contribution is 2.23. The van der Waals surface area contributed by atoms with Crippen LogP contribution in [0.2, 0.25) is 0 Å². The van der Waals surface area contributed by atoms with Crippen molar-refractivity contribution in [1.82, 2.24) is 5.16 Å². The van der Waals surface area contributed by atoms with Crippen LogP contribution < -0.4 is 11.1 Å². The van der Waals surface area contributed by atoms with E-state index in [9.17, 15) is 4.79 Å². The van der Waals surface area contributed by atoms with Crippen LogP contribution in [0.15, 0.2) is 22.7 Å². The molecule has 0 saturated heterocycles. The second kappa shape index (κ2) is 5.75. The van der Waals surface area contributed by atoms with Crippen LogP contribution in [-0.4, -0.2) is 18.2 Å². The monoisotopic (exact) mass is 275 g/mol. The van der Waals surface area contributed by atoms with Crippen molar-refractivity contribution in [1.29, 1.82) is 0 Å². The number of rotatable bonds is 4. The Morgan fingerprint density at radius 2 is 2.00 bits per heavy atom. The first-order chi connectivity index (χ1) is 9.51. The van der Waals surface area contributed by atoms with E-state index in [-0.39, 0.29) is 18.2 Å². The van der Waals surface area contributed by atoms with Crippen molar-refractivity contribution in [3.63, 3.8) is 0 Å². The Morgan fingerprint density at radius 3 is 2.60 bits per heavy atom. The standard InChI is InChI=1S/C14H17N3O3/c1-8-4-10(15)5-9(2)13(8)16-14(18)12-6-11(7-19-3)20-17-12/h4-6H,7,15H2,1-3H3,(H,16,18). The molecule has 6 heteroatoms. The summed E-state index contributed by atoms with van der Waals surface area (Å²) in [7, 11) is 1.54. The number of methoxy groups -OCH3 is 1. The molecule has 2 rings (SSSR count). The second-order valence-electron chi connectivity index (χ2n) is 4.60. The first kappa shape index (κ1) is 14.1. The smallest absolute Gasteiger partial charge is 0.277 e. The van der Waals surface area contributed by atoms with Gasteiger partial charge in [0.2, 0.25) is 0 Å². The van der Waals surface area contributed by atoms with Gasteiger partial charge in [-0.25, -0.2) is 0 Å². The molecule has 0 radical (unpaired) electrons. The Morgan fingerprint density at radius 1 is 1.35 bits per heavy atom. The molecule has 106 valence electrons. The predicted molar refractivity (Wildman–Crippen MR) is 75.5 cm³/mol. The van der Waals surface area contributed by atoms with E-state index >= 15 is 0 Å². The summed E-state index contributed by atoms with van der Waals surface area (Å²) >= 11 is 0. The molecule has 20 heavy (non-hydrogen) atoms. The van der Waals surface area contributed by atoms with Crippen LogP contribution in [0.5, 0.6) is 0 Å². The van der Waals surface area contributed by atoms with Gasteiger partial charge in [0.05, 0.1) is 0 Å². The van der Waals surface area contributed by atoms with Crippen LogP contribution in [0.3, 0.4) is 0 Å². The lowest BCUT2D eigenvalue weighted by atomic mass is 10.1. The molecule has 0 saturated carbocycles. The average Bonchev–Trinajstić information content (AvgIpc) is 2.82. The molecule has 0 aliphatic carbocycles. The van der Waals surface area contributed by atoms with Gasteiger partial charge in [0.25, 0.3) is 5.91 Å². The molecule has 2 aromatic rings. The zero-order valence-electron chi connectivity index (χ0n) is 11.7. The topological polar surface area (TPSA) is 90.4 Å². The summed E-state index contributed by atoms with van der Waals surface area (Å²) in [6.45, 7) is 4.05. The summed E-state index contributed by atoms with van der Waals surface area (Å²) < 4.78 is 9.90. The Labute approximate surface area is 116 Å². The Balaban J connectivity index is 2.19.